The maximum atomic E-state index is 11.7. The molecule has 0 aliphatic carbocycles. The van der Waals surface area contributed by atoms with Crippen LogP contribution in [-0.2, 0) is 4.74 Å². The van der Waals surface area contributed by atoms with Crippen molar-refractivity contribution in [2.75, 3.05) is 5.32 Å². The largest absolute Gasteiger partial charge is 0.444 e. The minimum Gasteiger partial charge on any atom is -0.444 e. The van der Waals surface area contributed by atoms with Crippen LogP contribution in [0.1, 0.15) is 31.1 Å². The number of aromatic nitrogens is 1. The second-order valence-corrected chi connectivity index (χ2v) is 6.48. The topological polar surface area (TPSA) is 68.3 Å². The number of carbonyl (C=O) groups excluding carboxylic acids is 2. The zero-order valence-electron chi connectivity index (χ0n) is 11.8. The molecule has 0 spiro atoms. The van der Waals surface area contributed by atoms with E-state index >= 15 is 0 Å². The number of nitrogens with zero attached hydrogens (tertiary/aromatic N) is 1. The third-order valence-corrected chi connectivity index (χ3v) is 3.37. The van der Waals surface area contributed by atoms with Gasteiger partial charge in [-0.3, -0.25) is 10.1 Å². The quantitative estimate of drug-likeness (QED) is 0.675. The van der Waals surface area contributed by atoms with Crippen LogP contribution in [0.4, 0.5) is 9.93 Å². The normalized spacial score (nSPS) is 11.3. The highest BCUT2D eigenvalue weighted by molar-refractivity contribution is 7.22. The van der Waals surface area contributed by atoms with Crippen molar-refractivity contribution >= 4 is 52.4 Å². The molecule has 2 aromatic rings. The van der Waals surface area contributed by atoms with Gasteiger partial charge >= 0.3 is 6.09 Å². The number of amides is 1. The van der Waals surface area contributed by atoms with Crippen molar-refractivity contribution in [3.8, 4) is 0 Å². The fourth-order valence-electron chi connectivity index (χ4n) is 1.74. The Morgan fingerprint density at radius 3 is 2.75 bits per heavy atom. The zero-order chi connectivity index (χ0) is 14.9. The maximum absolute atomic E-state index is 11.7. The van der Waals surface area contributed by atoms with Crippen molar-refractivity contribution in [2.45, 2.75) is 26.4 Å². The third kappa shape index (κ3) is 3.36. The minimum atomic E-state index is -0.554. The van der Waals surface area contributed by atoms with Crippen molar-refractivity contribution in [1.82, 2.24) is 4.98 Å². The van der Waals surface area contributed by atoms with Gasteiger partial charge in [0.15, 0.2) is 5.13 Å². The molecule has 1 aromatic carbocycles. The number of benzene rings is 1. The molecule has 0 aliphatic heterocycles. The number of hydrogen-bond acceptors (Lipinski definition) is 5. The molecule has 1 amide bonds. The van der Waals surface area contributed by atoms with Crippen molar-refractivity contribution in [2.24, 2.45) is 0 Å². The highest BCUT2D eigenvalue weighted by Gasteiger charge is 2.17. The Morgan fingerprint density at radius 1 is 1.45 bits per heavy atom. The highest BCUT2D eigenvalue weighted by Crippen LogP contribution is 2.25. The van der Waals surface area contributed by atoms with E-state index in [-0.39, 0.29) is 0 Å². The Labute approximate surface area is 121 Å². The summed E-state index contributed by atoms with van der Waals surface area (Å²) in [6, 6.07) is 3.53. The van der Waals surface area contributed by atoms with E-state index in [9.17, 15) is 9.59 Å². The standard InChI is InChI=1S/C13H15BN2O3S/c1-13(2,3)19-12(18)16-11-15-10-8(14)4-7(6-17)5-9(10)20-11/h4-6H,14H2,1-3H3,(H,15,16,18). The lowest BCUT2D eigenvalue weighted by Crippen LogP contribution is -2.27. The van der Waals surface area contributed by atoms with Gasteiger partial charge in [-0.05, 0) is 26.8 Å². The molecule has 0 fully saturated rings. The van der Waals surface area contributed by atoms with Crippen LogP contribution in [0.2, 0.25) is 0 Å². The van der Waals surface area contributed by atoms with Crippen molar-refractivity contribution in [3.63, 3.8) is 0 Å². The lowest BCUT2D eigenvalue weighted by molar-refractivity contribution is 0.0636. The fraction of sp³-hybridized carbons (Fsp3) is 0.308. The Bertz CT molecular complexity index is 676. The molecule has 1 heterocycles. The number of anilines is 1. The first kappa shape index (κ1) is 14.5. The van der Waals surface area contributed by atoms with Crippen LogP contribution in [0, 0.1) is 0 Å². The Balaban J connectivity index is 2.26. The molecule has 0 saturated carbocycles. The van der Waals surface area contributed by atoms with Gasteiger partial charge in [0, 0.05) is 5.56 Å². The van der Waals surface area contributed by atoms with Gasteiger partial charge in [0.1, 0.15) is 19.7 Å². The SMILES string of the molecule is Bc1cc(C=O)cc2sc(NC(=O)OC(C)(C)C)nc12. The van der Waals surface area contributed by atoms with E-state index < -0.39 is 11.7 Å². The van der Waals surface area contributed by atoms with Gasteiger partial charge in [0.2, 0.25) is 0 Å². The Kier molecular flexibility index (Phi) is 3.81. The molecule has 104 valence electrons. The summed E-state index contributed by atoms with van der Waals surface area (Å²) in [6.45, 7) is 5.39. The summed E-state index contributed by atoms with van der Waals surface area (Å²) in [7, 11) is 1.88. The number of aldehydes is 1. The van der Waals surface area contributed by atoms with Crippen LogP contribution in [0.3, 0.4) is 0 Å². The molecule has 20 heavy (non-hydrogen) atoms. The molecule has 5 nitrogen and oxygen atoms in total. The average Bonchev–Trinajstić information content (AvgIpc) is 2.69. The predicted octanol–water partition coefficient (Wildman–Crippen LogP) is 1.71. The van der Waals surface area contributed by atoms with Crippen LogP contribution in [0.15, 0.2) is 12.1 Å². The zero-order valence-corrected chi connectivity index (χ0v) is 12.6. The lowest BCUT2D eigenvalue weighted by Gasteiger charge is -2.18. The van der Waals surface area contributed by atoms with Gasteiger partial charge in [-0.25, -0.2) is 9.78 Å². The number of hydrogen-bond donors (Lipinski definition) is 1. The van der Waals surface area contributed by atoms with E-state index in [0.717, 1.165) is 22.0 Å². The highest BCUT2D eigenvalue weighted by atomic mass is 32.1. The molecule has 0 aliphatic rings. The van der Waals surface area contributed by atoms with Crippen LogP contribution in [0.5, 0.6) is 0 Å². The molecule has 1 aromatic heterocycles. The second kappa shape index (κ2) is 5.24. The fourth-order valence-corrected chi connectivity index (χ4v) is 2.71. The molecule has 1 N–H and O–H groups in total. The maximum Gasteiger partial charge on any atom is 0.413 e. The first-order valence-electron chi connectivity index (χ1n) is 6.15. The number of rotatable bonds is 2. The molecule has 2 rings (SSSR count). The van der Waals surface area contributed by atoms with Crippen LogP contribution in [-0.4, -0.2) is 30.8 Å². The summed E-state index contributed by atoms with van der Waals surface area (Å²) < 4.78 is 6.03. The lowest BCUT2D eigenvalue weighted by atomic mass is 9.93. The summed E-state index contributed by atoms with van der Waals surface area (Å²) in [5, 5.41) is 3.07. The predicted molar refractivity (Wildman–Crippen MR) is 83.0 cm³/mol. The van der Waals surface area contributed by atoms with Crippen molar-refractivity contribution in [1.29, 1.82) is 0 Å². The number of fused-ring (bicyclic) bond motifs is 1. The third-order valence-electron chi connectivity index (χ3n) is 2.45. The van der Waals surface area contributed by atoms with E-state index in [1.807, 2.05) is 7.85 Å². The number of nitrogens with one attached hydrogen (secondary N) is 1. The van der Waals surface area contributed by atoms with Gasteiger partial charge in [0.05, 0.1) is 10.2 Å². The first-order valence-corrected chi connectivity index (χ1v) is 6.96. The second-order valence-electron chi connectivity index (χ2n) is 5.45. The molecular formula is C13H15BN2O3S. The van der Waals surface area contributed by atoms with Gasteiger partial charge in [-0.1, -0.05) is 22.9 Å². The Morgan fingerprint density at radius 2 is 2.15 bits per heavy atom. The van der Waals surface area contributed by atoms with Gasteiger partial charge in [-0.15, -0.1) is 0 Å². The van der Waals surface area contributed by atoms with E-state index in [1.165, 1.54) is 11.3 Å². The monoisotopic (exact) mass is 290 g/mol. The smallest absolute Gasteiger partial charge is 0.413 e. The molecule has 0 atom stereocenters. The summed E-state index contributed by atoms with van der Waals surface area (Å²) in [4.78, 5) is 26.9. The average molecular weight is 290 g/mol. The van der Waals surface area contributed by atoms with E-state index in [2.05, 4.69) is 10.3 Å². The summed E-state index contributed by atoms with van der Waals surface area (Å²) in [6.07, 6.45) is 0.262. The summed E-state index contributed by atoms with van der Waals surface area (Å²) in [5.41, 5.74) is 1.73. The first-order chi connectivity index (χ1) is 9.28. The molecule has 0 unspecified atom stereocenters. The minimum absolute atomic E-state index is 0.459. The summed E-state index contributed by atoms with van der Waals surface area (Å²) >= 11 is 1.31. The van der Waals surface area contributed by atoms with Crippen LogP contribution in [0.25, 0.3) is 10.2 Å². The molecule has 0 radical (unpaired) electrons. The van der Waals surface area contributed by atoms with Gasteiger partial charge in [-0.2, -0.15) is 0 Å². The van der Waals surface area contributed by atoms with Crippen LogP contribution < -0.4 is 10.8 Å². The van der Waals surface area contributed by atoms with E-state index in [4.69, 9.17) is 4.74 Å². The number of ether oxygens (including phenoxy) is 1. The van der Waals surface area contributed by atoms with E-state index in [0.29, 0.717) is 10.7 Å². The summed E-state index contributed by atoms with van der Waals surface area (Å²) in [5.74, 6) is 0. The van der Waals surface area contributed by atoms with E-state index in [1.54, 1.807) is 32.9 Å². The number of carbonyl (C=O) groups is 2. The number of thiazole rings is 1. The van der Waals surface area contributed by atoms with Gasteiger partial charge < -0.3 is 4.74 Å². The van der Waals surface area contributed by atoms with Gasteiger partial charge in [0.25, 0.3) is 0 Å². The molecule has 7 heteroatoms. The van der Waals surface area contributed by atoms with Crippen molar-refractivity contribution < 1.29 is 14.3 Å². The van der Waals surface area contributed by atoms with Crippen molar-refractivity contribution in [3.05, 3.63) is 17.7 Å². The molecule has 0 bridgehead atoms. The van der Waals surface area contributed by atoms with Crippen LogP contribution >= 0.6 is 11.3 Å². The molecular weight excluding hydrogens is 275 g/mol. The Hall–Kier alpha value is -1.89. The molecule has 0 saturated heterocycles.